The topological polar surface area (TPSA) is 45.2 Å². The summed E-state index contributed by atoms with van der Waals surface area (Å²) >= 11 is 1.72. The molecule has 0 spiro atoms. The maximum Gasteiger partial charge on any atom is 0.240 e. The maximum absolute atomic E-state index is 12.3. The number of amides is 1. The number of hydrogen-bond donors (Lipinski definition) is 1. The second kappa shape index (κ2) is 6.48. The van der Waals surface area contributed by atoms with E-state index in [0.717, 1.165) is 37.4 Å². The zero-order chi connectivity index (χ0) is 13.8. The number of likely N-dealkylation sites (tertiary alicyclic amines) is 1. The Morgan fingerprint density at radius 2 is 2.37 bits per heavy atom. The highest BCUT2D eigenvalue weighted by Gasteiger charge is 2.35. The minimum atomic E-state index is 0.00741. The van der Waals surface area contributed by atoms with E-state index in [4.69, 9.17) is 0 Å². The number of aromatic nitrogens is 1. The van der Waals surface area contributed by atoms with Gasteiger partial charge in [-0.05, 0) is 32.7 Å². The van der Waals surface area contributed by atoms with Gasteiger partial charge in [0.2, 0.25) is 5.91 Å². The summed E-state index contributed by atoms with van der Waals surface area (Å²) in [5.74, 6) is 0.231. The Morgan fingerprint density at radius 3 is 3.00 bits per heavy atom. The zero-order valence-corrected chi connectivity index (χ0v) is 12.8. The number of thiazole rings is 1. The Hall–Kier alpha value is -0.940. The summed E-state index contributed by atoms with van der Waals surface area (Å²) in [4.78, 5) is 20.1. The van der Waals surface area contributed by atoms with Gasteiger partial charge in [0.05, 0.1) is 12.1 Å². The van der Waals surface area contributed by atoms with Crippen molar-refractivity contribution in [1.82, 2.24) is 15.2 Å². The van der Waals surface area contributed by atoms with Crippen LogP contribution in [-0.2, 0) is 11.2 Å². The Balaban J connectivity index is 2.00. The van der Waals surface area contributed by atoms with E-state index >= 15 is 0 Å². The second-order valence-corrected chi connectivity index (χ2v) is 6.17. The first-order chi connectivity index (χ1) is 9.17. The van der Waals surface area contributed by atoms with E-state index < -0.39 is 0 Å². The third-order valence-corrected chi connectivity index (χ3v) is 4.94. The molecule has 1 N–H and O–H groups in total. The van der Waals surface area contributed by atoms with Crippen LogP contribution in [0.3, 0.4) is 0 Å². The summed E-state index contributed by atoms with van der Waals surface area (Å²) in [7, 11) is 0. The fourth-order valence-electron chi connectivity index (χ4n) is 2.41. The minimum Gasteiger partial charge on any atom is -0.332 e. The lowest BCUT2D eigenvalue weighted by molar-refractivity contribution is -0.131. The lowest BCUT2D eigenvalue weighted by Crippen LogP contribution is -2.39. The van der Waals surface area contributed by atoms with Crippen LogP contribution in [0.5, 0.6) is 0 Å². The van der Waals surface area contributed by atoms with Crippen molar-refractivity contribution in [2.24, 2.45) is 0 Å². The van der Waals surface area contributed by atoms with Gasteiger partial charge in [-0.25, -0.2) is 4.98 Å². The minimum absolute atomic E-state index is 0.00741. The van der Waals surface area contributed by atoms with Crippen LogP contribution in [0.1, 0.15) is 49.5 Å². The highest BCUT2D eigenvalue weighted by molar-refractivity contribution is 7.11. The molecule has 1 aliphatic heterocycles. The molecule has 2 rings (SSSR count). The molecule has 2 atom stereocenters. The van der Waals surface area contributed by atoms with Crippen LogP contribution >= 0.6 is 11.3 Å². The summed E-state index contributed by atoms with van der Waals surface area (Å²) < 4.78 is 0. The van der Waals surface area contributed by atoms with Gasteiger partial charge in [0, 0.05) is 17.6 Å². The van der Waals surface area contributed by atoms with Crippen molar-refractivity contribution >= 4 is 17.2 Å². The van der Waals surface area contributed by atoms with Gasteiger partial charge in [0.25, 0.3) is 0 Å². The van der Waals surface area contributed by atoms with Crippen molar-refractivity contribution in [3.05, 3.63) is 16.1 Å². The standard InChI is InChI=1S/C14H23N3OS/c1-4-7-15-12-6-8-17(14(12)18)10(3)13-16-9-11(5-2)19-13/h9-10,12,15H,4-8H2,1-3H3. The monoisotopic (exact) mass is 281 g/mol. The molecular formula is C14H23N3OS. The molecule has 1 amide bonds. The number of carbonyl (C=O) groups is 1. The summed E-state index contributed by atoms with van der Waals surface area (Å²) in [6, 6.07) is 0.110. The van der Waals surface area contributed by atoms with Crippen molar-refractivity contribution in [3.63, 3.8) is 0 Å². The molecule has 1 aliphatic rings. The Morgan fingerprint density at radius 1 is 1.58 bits per heavy atom. The molecule has 1 fully saturated rings. The van der Waals surface area contributed by atoms with Gasteiger partial charge >= 0.3 is 0 Å². The Labute approximate surface area is 119 Å². The Bertz CT molecular complexity index is 432. The number of carbonyl (C=O) groups excluding carboxylic acids is 1. The Kier molecular flexibility index (Phi) is 4.93. The molecule has 1 aromatic rings. The van der Waals surface area contributed by atoms with Crippen molar-refractivity contribution in [1.29, 1.82) is 0 Å². The van der Waals surface area contributed by atoms with E-state index in [1.165, 1.54) is 4.88 Å². The summed E-state index contributed by atoms with van der Waals surface area (Å²) in [6.07, 6.45) is 4.92. The van der Waals surface area contributed by atoms with Gasteiger partial charge in [-0.3, -0.25) is 4.79 Å². The van der Waals surface area contributed by atoms with Gasteiger partial charge < -0.3 is 10.2 Å². The molecule has 2 unspecified atom stereocenters. The van der Waals surface area contributed by atoms with Crippen LogP contribution in [0, 0.1) is 0 Å². The second-order valence-electron chi connectivity index (χ2n) is 5.02. The fraction of sp³-hybridized carbons (Fsp3) is 0.714. The molecule has 0 radical (unpaired) electrons. The predicted molar refractivity (Wildman–Crippen MR) is 78.3 cm³/mol. The molecule has 0 bridgehead atoms. The summed E-state index contributed by atoms with van der Waals surface area (Å²) in [6.45, 7) is 8.08. The third-order valence-electron chi connectivity index (χ3n) is 3.63. The number of hydrogen-bond acceptors (Lipinski definition) is 4. The maximum atomic E-state index is 12.3. The summed E-state index contributed by atoms with van der Waals surface area (Å²) in [5, 5.41) is 4.38. The first-order valence-electron chi connectivity index (χ1n) is 7.15. The molecule has 5 heteroatoms. The first kappa shape index (κ1) is 14.5. The summed E-state index contributed by atoms with van der Waals surface area (Å²) in [5.41, 5.74) is 0. The van der Waals surface area contributed by atoms with Gasteiger partial charge in [0.1, 0.15) is 5.01 Å². The van der Waals surface area contributed by atoms with E-state index in [0.29, 0.717) is 0 Å². The van der Waals surface area contributed by atoms with Gasteiger partial charge in [0.15, 0.2) is 0 Å². The lowest BCUT2D eigenvalue weighted by Gasteiger charge is -2.23. The van der Waals surface area contributed by atoms with Crippen molar-refractivity contribution in [3.8, 4) is 0 Å². The molecular weight excluding hydrogens is 258 g/mol. The van der Waals surface area contributed by atoms with Crippen LogP contribution in [0.15, 0.2) is 6.20 Å². The van der Waals surface area contributed by atoms with Gasteiger partial charge in [-0.1, -0.05) is 13.8 Å². The number of nitrogens with zero attached hydrogens (tertiary/aromatic N) is 2. The van der Waals surface area contributed by atoms with E-state index in [9.17, 15) is 4.79 Å². The average molecular weight is 281 g/mol. The zero-order valence-electron chi connectivity index (χ0n) is 12.0. The van der Waals surface area contributed by atoms with Crippen molar-refractivity contribution in [2.45, 2.75) is 52.1 Å². The van der Waals surface area contributed by atoms with Crippen molar-refractivity contribution in [2.75, 3.05) is 13.1 Å². The molecule has 1 aromatic heterocycles. The number of rotatable bonds is 6. The van der Waals surface area contributed by atoms with Gasteiger partial charge in [-0.2, -0.15) is 0 Å². The average Bonchev–Trinajstić information content (AvgIpc) is 3.03. The molecule has 0 aromatic carbocycles. The van der Waals surface area contributed by atoms with Crippen LogP contribution in [0.2, 0.25) is 0 Å². The fourth-order valence-corrected chi connectivity index (χ4v) is 3.33. The van der Waals surface area contributed by atoms with Crippen LogP contribution in [-0.4, -0.2) is 34.9 Å². The van der Waals surface area contributed by atoms with Gasteiger partial charge in [-0.15, -0.1) is 11.3 Å². The van der Waals surface area contributed by atoms with E-state index in [1.54, 1.807) is 11.3 Å². The molecule has 0 saturated carbocycles. The highest BCUT2D eigenvalue weighted by Crippen LogP contribution is 2.28. The smallest absolute Gasteiger partial charge is 0.240 e. The molecule has 2 heterocycles. The highest BCUT2D eigenvalue weighted by atomic mass is 32.1. The SMILES string of the molecule is CCCNC1CCN(C(C)c2ncc(CC)s2)C1=O. The third kappa shape index (κ3) is 3.15. The molecule has 0 aliphatic carbocycles. The van der Waals surface area contributed by atoms with Crippen LogP contribution in [0.25, 0.3) is 0 Å². The molecule has 106 valence electrons. The number of aryl methyl sites for hydroxylation is 1. The molecule has 4 nitrogen and oxygen atoms in total. The van der Waals surface area contributed by atoms with E-state index in [-0.39, 0.29) is 18.0 Å². The lowest BCUT2D eigenvalue weighted by atomic mass is 10.2. The van der Waals surface area contributed by atoms with Crippen LogP contribution < -0.4 is 5.32 Å². The van der Waals surface area contributed by atoms with E-state index in [1.807, 2.05) is 11.1 Å². The van der Waals surface area contributed by atoms with E-state index in [2.05, 4.69) is 31.1 Å². The van der Waals surface area contributed by atoms with Crippen LogP contribution in [0.4, 0.5) is 0 Å². The van der Waals surface area contributed by atoms with Crippen molar-refractivity contribution < 1.29 is 4.79 Å². The molecule has 1 saturated heterocycles. The predicted octanol–water partition coefficient (Wildman–Crippen LogP) is 2.37. The first-order valence-corrected chi connectivity index (χ1v) is 7.97. The molecule has 19 heavy (non-hydrogen) atoms. The number of nitrogens with one attached hydrogen (secondary N) is 1. The largest absolute Gasteiger partial charge is 0.332 e. The quantitative estimate of drug-likeness (QED) is 0.870. The normalized spacial score (nSPS) is 21.1.